The number of nitrogens with zero attached hydrogens (tertiary/aromatic N) is 1. The van der Waals surface area contributed by atoms with E-state index in [4.69, 9.17) is 0 Å². The van der Waals surface area contributed by atoms with Gasteiger partial charge in [-0.1, -0.05) is 13.8 Å². The fourth-order valence-electron chi connectivity index (χ4n) is 4.99. The molecule has 4 N–H and O–H groups in total. The first-order valence-corrected chi connectivity index (χ1v) is 9.67. The zero-order valence-electron chi connectivity index (χ0n) is 14.7. The minimum absolute atomic E-state index is 0.181. The van der Waals surface area contributed by atoms with Crippen LogP contribution < -0.4 is 10.6 Å². The average molecular weight is 325 g/mol. The van der Waals surface area contributed by atoms with Crippen LogP contribution in [0.5, 0.6) is 0 Å². The van der Waals surface area contributed by atoms with Crippen LogP contribution in [-0.4, -0.2) is 65.7 Å². The number of rotatable bonds is 4. The van der Waals surface area contributed by atoms with E-state index in [0.717, 1.165) is 51.7 Å². The van der Waals surface area contributed by atoms with Gasteiger partial charge in [0.25, 0.3) is 0 Å². The van der Waals surface area contributed by atoms with Crippen LogP contribution in [-0.2, 0) is 0 Å². The molecule has 1 saturated carbocycles. The SMILES string of the molecule is CCCN1CC(C2CCNCC2O)NC1C1CC(C)CCC1O. The van der Waals surface area contributed by atoms with E-state index in [1.165, 1.54) is 0 Å². The summed E-state index contributed by atoms with van der Waals surface area (Å²) in [7, 11) is 0. The standard InChI is InChI=1S/C18H35N3O2/c1-3-8-21-11-15(13-6-7-19-10-17(13)23)20-18(21)14-9-12(2)4-5-16(14)22/h12-20,22-23H,3-11H2,1-2H3. The third kappa shape index (κ3) is 3.90. The van der Waals surface area contributed by atoms with E-state index in [0.29, 0.717) is 30.3 Å². The molecule has 7 unspecified atom stereocenters. The van der Waals surface area contributed by atoms with E-state index in [9.17, 15) is 10.2 Å². The number of piperidine rings is 1. The van der Waals surface area contributed by atoms with E-state index < -0.39 is 0 Å². The second-order valence-corrected chi connectivity index (χ2v) is 8.09. The van der Waals surface area contributed by atoms with E-state index in [1.54, 1.807) is 0 Å². The van der Waals surface area contributed by atoms with Crippen LogP contribution >= 0.6 is 0 Å². The van der Waals surface area contributed by atoms with Gasteiger partial charge in [-0.15, -0.1) is 0 Å². The molecule has 0 radical (unpaired) electrons. The van der Waals surface area contributed by atoms with Gasteiger partial charge in [0, 0.05) is 31.0 Å². The van der Waals surface area contributed by atoms with Crippen molar-refractivity contribution in [2.75, 3.05) is 26.2 Å². The monoisotopic (exact) mass is 325 g/mol. The lowest BCUT2D eigenvalue weighted by molar-refractivity contribution is 0.000657. The van der Waals surface area contributed by atoms with Crippen LogP contribution in [0.15, 0.2) is 0 Å². The number of aliphatic hydroxyl groups excluding tert-OH is 2. The van der Waals surface area contributed by atoms with Crippen molar-refractivity contribution in [3.63, 3.8) is 0 Å². The highest BCUT2D eigenvalue weighted by molar-refractivity contribution is 4.99. The van der Waals surface area contributed by atoms with Crippen molar-refractivity contribution in [2.24, 2.45) is 17.8 Å². The summed E-state index contributed by atoms with van der Waals surface area (Å²) in [6.45, 7) is 8.34. The van der Waals surface area contributed by atoms with Gasteiger partial charge in [-0.2, -0.15) is 0 Å². The highest BCUT2D eigenvalue weighted by atomic mass is 16.3. The molecular weight excluding hydrogens is 290 g/mol. The minimum Gasteiger partial charge on any atom is -0.393 e. The zero-order valence-corrected chi connectivity index (χ0v) is 14.7. The minimum atomic E-state index is -0.251. The van der Waals surface area contributed by atoms with Crippen molar-refractivity contribution < 1.29 is 10.2 Å². The maximum Gasteiger partial charge on any atom is 0.0708 e. The van der Waals surface area contributed by atoms with E-state index in [2.05, 4.69) is 29.4 Å². The molecule has 0 aromatic carbocycles. The number of hydrogen-bond acceptors (Lipinski definition) is 5. The highest BCUT2D eigenvalue weighted by Gasteiger charge is 2.44. The van der Waals surface area contributed by atoms with Gasteiger partial charge in [0.2, 0.25) is 0 Å². The summed E-state index contributed by atoms with van der Waals surface area (Å²) in [5.74, 6) is 1.37. The molecule has 0 aromatic rings. The summed E-state index contributed by atoms with van der Waals surface area (Å²) in [6.07, 6.45) is 5.21. The summed E-state index contributed by atoms with van der Waals surface area (Å²) >= 11 is 0. The lowest BCUT2D eigenvalue weighted by atomic mass is 9.78. The molecule has 2 aliphatic heterocycles. The van der Waals surface area contributed by atoms with Gasteiger partial charge >= 0.3 is 0 Å². The predicted molar refractivity (Wildman–Crippen MR) is 92.1 cm³/mol. The molecule has 3 rings (SSSR count). The Balaban J connectivity index is 1.70. The molecule has 2 heterocycles. The molecule has 2 saturated heterocycles. The zero-order chi connectivity index (χ0) is 16.4. The maximum atomic E-state index is 10.6. The Morgan fingerprint density at radius 2 is 1.91 bits per heavy atom. The lowest BCUT2D eigenvalue weighted by Gasteiger charge is -2.39. The van der Waals surface area contributed by atoms with Crippen LogP contribution in [0.1, 0.15) is 46.0 Å². The third-order valence-corrected chi connectivity index (χ3v) is 6.27. The molecule has 5 nitrogen and oxygen atoms in total. The Bertz CT molecular complexity index is 381. The first-order chi connectivity index (χ1) is 11.1. The quantitative estimate of drug-likeness (QED) is 0.615. The highest BCUT2D eigenvalue weighted by Crippen LogP contribution is 2.35. The van der Waals surface area contributed by atoms with E-state index in [1.807, 2.05) is 0 Å². The molecule has 23 heavy (non-hydrogen) atoms. The molecular formula is C18H35N3O2. The lowest BCUT2D eigenvalue weighted by Crippen LogP contribution is -2.52. The van der Waals surface area contributed by atoms with E-state index in [-0.39, 0.29) is 18.4 Å². The van der Waals surface area contributed by atoms with Crippen molar-refractivity contribution in [2.45, 2.75) is 70.4 Å². The molecule has 0 amide bonds. The Morgan fingerprint density at radius 1 is 1.09 bits per heavy atom. The molecule has 3 aliphatic rings. The molecule has 7 atom stereocenters. The molecule has 134 valence electrons. The predicted octanol–water partition coefficient (Wildman–Crippen LogP) is 0.764. The van der Waals surface area contributed by atoms with E-state index >= 15 is 0 Å². The Morgan fingerprint density at radius 3 is 2.65 bits per heavy atom. The summed E-state index contributed by atoms with van der Waals surface area (Å²) < 4.78 is 0. The van der Waals surface area contributed by atoms with Crippen LogP contribution in [0.2, 0.25) is 0 Å². The van der Waals surface area contributed by atoms with Crippen molar-refractivity contribution >= 4 is 0 Å². The van der Waals surface area contributed by atoms with Gasteiger partial charge < -0.3 is 15.5 Å². The number of hydrogen-bond donors (Lipinski definition) is 4. The second-order valence-electron chi connectivity index (χ2n) is 8.09. The summed E-state index contributed by atoms with van der Waals surface area (Å²) in [5, 5.41) is 28.0. The molecule has 0 spiro atoms. The topological polar surface area (TPSA) is 67.8 Å². The fourth-order valence-corrected chi connectivity index (χ4v) is 4.99. The summed E-state index contributed by atoms with van der Waals surface area (Å²) in [6, 6.07) is 0.355. The van der Waals surface area contributed by atoms with Crippen molar-refractivity contribution in [1.82, 2.24) is 15.5 Å². The molecule has 1 aliphatic carbocycles. The number of aliphatic hydroxyl groups is 2. The Hall–Kier alpha value is -0.200. The van der Waals surface area contributed by atoms with Crippen LogP contribution in [0.3, 0.4) is 0 Å². The van der Waals surface area contributed by atoms with Gasteiger partial charge in [0.1, 0.15) is 0 Å². The number of nitrogens with one attached hydrogen (secondary N) is 2. The van der Waals surface area contributed by atoms with Gasteiger partial charge in [-0.25, -0.2) is 0 Å². The number of β-amino-alcohol motifs (C(OH)–C–C–N with tert-alkyl or cyclic N) is 1. The molecule has 3 fully saturated rings. The largest absolute Gasteiger partial charge is 0.393 e. The molecule has 0 aromatic heterocycles. The van der Waals surface area contributed by atoms with Gasteiger partial charge in [-0.3, -0.25) is 10.2 Å². The first-order valence-electron chi connectivity index (χ1n) is 9.67. The van der Waals surface area contributed by atoms with Gasteiger partial charge in [0.05, 0.1) is 18.4 Å². The van der Waals surface area contributed by atoms with Crippen LogP contribution in [0, 0.1) is 17.8 Å². The second kappa shape index (κ2) is 7.79. The normalized spacial score (nSPS) is 46.2. The van der Waals surface area contributed by atoms with Crippen LogP contribution in [0.4, 0.5) is 0 Å². The Labute approximate surface area is 140 Å². The molecule has 5 heteroatoms. The van der Waals surface area contributed by atoms with Crippen molar-refractivity contribution in [1.29, 1.82) is 0 Å². The summed E-state index contributed by atoms with van der Waals surface area (Å²) in [4.78, 5) is 2.53. The average Bonchev–Trinajstić information content (AvgIpc) is 2.94. The molecule has 0 bridgehead atoms. The van der Waals surface area contributed by atoms with Crippen molar-refractivity contribution in [3.05, 3.63) is 0 Å². The maximum absolute atomic E-state index is 10.6. The smallest absolute Gasteiger partial charge is 0.0708 e. The Kier molecular flexibility index (Phi) is 5.97. The van der Waals surface area contributed by atoms with Gasteiger partial charge in [-0.05, 0) is 51.1 Å². The van der Waals surface area contributed by atoms with Gasteiger partial charge in [0.15, 0.2) is 0 Å². The van der Waals surface area contributed by atoms with Crippen molar-refractivity contribution in [3.8, 4) is 0 Å². The fraction of sp³-hybridized carbons (Fsp3) is 1.00. The first kappa shape index (κ1) is 17.6. The third-order valence-electron chi connectivity index (χ3n) is 6.27. The van der Waals surface area contributed by atoms with Crippen LogP contribution in [0.25, 0.3) is 0 Å². The summed E-state index contributed by atoms with van der Waals surface area (Å²) in [5.41, 5.74) is 0.